The molecule has 0 radical (unpaired) electrons. The molecule has 4 N–H and O–H groups in total. The van der Waals surface area contributed by atoms with E-state index in [0.29, 0.717) is 17.9 Å². The zero-order valence-corrected chi connectivity index (χ0v) is 11.8. The Labute approximate surface area is 122 Å². The van der Waals surface area contributed by atoms with Crippen LogP contribution in [0.1, 0.15) is 18.9 Å². The average Bonchev–Trinajstić information content (AvgIpc) is 2.90. The summed E-state index contributed by atoms with van der Waals surface area (Å²) in [6.07, 6.45) is 0.857. The van der Waals surface area contributed by atoms with Crippen LogP contribution in [0.2, 0.25) is 0 Å². The normalized spacial score (nSPS) is 22.0. The average molecular weight is 293 g/mol. The quantitative estimate of drug-likeness (QED) is 0.316. The number of nitrogens with zero attached hydrogens (tertiary/aromatic N) is 1. The van der Waals surface area contributed by atoms with Gasteiger partial charge < -0.3 is 25.7 Å². The lowest BCUT2D eigenvalue weighted by atomic mass is 10.1. The second kappa shape index (κ2) is 6.94. The van der Waals surface area contributed by atoms with Crippen LogP contribution in [-0.4, -0.2) is 42.3 Å². The number of nitrogens with one attached hydrogen (secondary N) is 1. The Morgan fingerprint density at radius 3 is 2.81 bits per heavy atom. The van der Waals surface area contributed by atoms with Crippen LogP contribution in [0.4, 0.5) is 0 Å². The number of amides is 1. The topological polar surface area (TPSA) is 106 Å². The molecule has 7 nitrogen and oxygen atoms in total. The number of hydrogen-bond donors (Lipinski definition) is 3. The SMILES string of the molecule is CC1OCCC1NC(=O)COc1ccc(/C(N)=N/O)cc1. The van der Waals surface area contributed by atoms with E-state index in [-0.39, 0.29) is 30.5 Å². The van der Waals surface area contributed by atoms with Crippen molar-refractivity contribution < 1.29 is 19.5 Å². The van der Waals surface area contributed by atoms with Crippen LogP contribution < -0.4 is 15.8 Å². The molecule has 2 rings (SSSR count). The molecule has 1 aromatic rings. The predicted molar refractivity (Wildman–Crippen MR) is 76.4 cm³/mol. The first-order chi connectivity index (χ1) is 10.1. The summed E-state index contributed by atoms with van der Waals surface area (Å²) in [5.74, 6) is 0.378. The lowest BCUT2D eigenvalue weighted by molar-refractivity contribution is -0.124. The molecule has 1 heterocycles. The summed E-state index contributed by atoms with van der Waals surface area (Å²) in [6, 6.07) is 6.65. The Bertz CT molecular complexity index is 515. The third kappa shape index (κ3) is 4.09. The molecule has 1 saturated heterocycles. The van der Waals surface area contributed by atoms with Gasteiger partial charge in [0.25, 0.3) is 5.91 Å². The van der Waals surface area contributed by atoms with Crippen molar-refractivity contribution in [2.24, 2.45) is 10.9 Å². The number of rotatable bonds is 5. The molecule has 0 aliphatic carbocycles. The van der Waals surface area contributed by atoms with Crippen LogP contribution >= 0.6 is 0 Å². The van der Waals surface area contributed by atoms with E-state index in [1.807, 2.05) is 6.92 Å². The fourth-order valence-electron chi connectivity index (χ4n) is 2.10. The Morgan fingerprint density at radius 1 is 1.52 bits per heavy atom. The first-order valence-electron chi connectivity index (χ1n) is 6.72. The maximum absolute atomic E-state index is 11.8. The molecule has 0 spiro atoms. The van der Waals surface area contributed by atoms with Gasteiger partial charge in [0, 0.05) is 12.2 Å². The smallest absolute Gasteiger partial charge is 0.258 e. The van der Waals surface area contributed by atoms with E-state index in [4.69, 9.17) is 20.4 Å². The minimum atomic E-state index is -0.183. The molecule has 1 fully saturated rings. The van der Waals surface area contributed by atoms with Crippen LogP contribution in [0.5, 0.6) is 5.75 Å². The predicted octanol–water partition coefficient (Wildman–Crippen LogP) is 0.454. The first kappa shape index (κ1) is 15.1. The van der Waals surface area contributed by atoms with Crippen LogP contribution in [0.3, 0.4) is 0 Å². The number of carbonyl (C=O) groups excluding carboxylic acids is 1. The third-order valence-corrected chi connectivity index (χ3v) is 3.35. The van der Waals surface area contributed by atoms with Gasteiger partial charge in [-0.25, -0.2) is 0 Å². The number of nitrogens with two attached hydrogens (primary N) is 1. The molecule has 1 amide bonds. The van der Waals surface area contributed by atoms with Gasteiger partial charge in [-0.1, -0.05) is 5.16 Å². The molecular weight excluding hydrogens is 274 g/mol. The van der Waals surface area contributed by atoms with Gasteiger partial charge in [-0.05, 0) is 37.6 Å². The highest BCUT2D eigenvalue weighted by atomic mass is 16.5. The van der Waals surface area contributed by atoms with Gasteiger partial charge in [-0.15, -0.1) is 0 Å². The van der Waals surface area contributed by atoms with Crippen LogP contribution in [0.15, 0.2) is 29.4 Å². The minimum absolute atomic E-state index is 0.0227. The van der Waals surface area contributed by atoms with E-state index in [1.165, 1.54) is 0 Å². The molecule has 1 aliphatic rings. The van der Waals surface area contributed by atoms with Crippen molar-refractivity contribution in [3.63, 3.8) is 0 Å². The highest BCUT2D eigenvalue weighted by Crippen LogP contribution is 2.13. The first-order valence-corrected chi connectivity index (χ1v) is 6.72. The third-order valence-electron chi connectivity index (χ3n) is 3.35. The van der Waals surface area contributed by atoms with E-state index >= 15 is 0 Å². The summed E-state index contributed by atoms with van der Waals surface area (Å²) in [4.78, 5) is 11.8. The van der Waals surface area contributed by atoms with Crippen molar-refractivity contribution in [3.8, 4) is 5.75 Å². The number of amidine groups is 1. The molecule has 0 bridgehead atoms. The highest BCUT2D eigenvalue weighted by Gasteiger charge is 2.25. The summed E-state index contributed by atoms with van der Waals surface area (Å²) in [6.45, 7) is 2.54. The number of benzene rings is 1. The molecule has 0 saturated carbocycles. The van der Waals surface area contributed by atoms with Crippen molar-refractivity contribution in [2.75, 3.05) is 13.2 Å². The summed E-state index contributed by atoms with van der Waals surface area (Å²) < 4.78 is 10.8. The Hall–Kier alpha value is -2.28. The Balaban J connectivity index is 1.81. The number of oxime groups is 1. The maximum Gasteiger partial charge on any atom is 0.258 e. The van der Waals surface area contributed by atoms with Crippen molar-refractivity contribution in [2.45, 2.75) is 25.5 Å². The summed E-state index contributed by atoms with van der Waals surface area (Å²) in [5, 5.41) is 14.3. The monoisotopic (exact) mass is 293 g/mol. The lowest BCUT2D eigenvalue weighted by Gasteiger charge is -2.16. The fraction of sp³-hybridized carbons (Fsp3) is 0.429. The van der Waals surface area contributed by atoms with Gasteiger partial charge in [-0.3, -0.25) is 4.79 Å². The Morgan fingerprint density at radius 2 is 2.24 bits per heavy atom. The molecular formula is C14H19N3O4. The molecule has 2 atom stereocenters. The maximum atomic E-state index is 11.8. The van der Waals surface area contributed by atoms with Gasteiger partial charge in [0.1, 0.15) is 5.75 Å². The van der Waals surface area contributed by atoms with Gasteiger partial charge in [0.2, 0.25) is 0 Å². The number of carbonyl (C=O) groups is 1. The van der Waals surface area contributed by atoms with Gasteiger partial charge in [0.15, 0.2) is 12.4 Å². The highest BCUT2D eigenvalue weighted by molar-refractivity contribution is 5.97. The summed E-state index contributed by atoms with van der Waals surface area (Å²) >= 11 is 0. The molecule has 1 aliphatic heterocycles. The largest absolute Gasteiger partial charge is 0.484 e. The molecule has 7 heteroatoms. The zero-order chi connectivity index (χ0) is 15.2. The van der Waals surface area contributed by atoms with Crippen molar-refractivity contribution in [3.05, 3.63) is 29.8 Å². The molecule has 21 heavy (non-hydrogen) atoms. The Kier molecular flexibility index (Phi) is 4.99. The van der Waals surface area contributed by atoms with Crippen molar-refractivity contribution in [1.29, 1.82) is 0 Å². The van der Waals surface area contributed by atoms with Crippen LogP contribution in [0, 0.1) is 0 Å². The van der Waals surface area contributed by atoms with Gasteiger partial charge >= 0.3 is 0 Å². The van der Waals surface area contributed by atoms with Gasteiger partial charge in [0.05, 0.1) is 12.1 Å². The second-order valence-electron chi connectivity index (χ2n) is 4.84. The number of ether oxygens (including phenoxy) is 2. The molecule has 2 unspecified atom stereocenters. The summed E-state index contributed by atoms with van der Waals surface area (Å²) in [7, 11) is 0. The second-order valence-corrected chi connectivity index (χ2v) is 4.84. The van der Waals surface area contributed by atoms with E-state index < -0.39 is 0 Å². The molecule has 114 valence electrons. The van der Waals surface area contributed by atoms with Crippen LogP contribution in [0.25, 0.3) is 0 Å². The zero-order valence-electron chi connectivity index (χ0n) is 11.8. The van der Waals surface area contributed by atoms with Crippen molar-refractivity contribution >= 4 is 11.7 Å². The van der Waals surface area contributed by atoms with E-state index in [0.717, 1.165) is 6.42 Å². The van der Waals surface area contributed by atoms with Crippen molar-refractivity contribution in [1.82, 2.24) is 5.32 Å². The minimum Gasteiger partial charge on any atom is -0.484 e. The van der Waals surface area contributed by atoms with E-state index in [9.17, 15) is 4.79 Å². The molecule has 1 aromatic carbocycles. The van der Waals surface area contributed by atoms with Gasteiger partial charge in [-0.2, -0.15) is 0 Å². The lowest BCUT2D eigenvalue weighted by Crippen LogP contribution is -2.41. The van der Waals surface area contributed by atoms with E-state index in [2.05, 4.69) is 10.5 Å². The summed E-state index contributed by atoms with van der Waals surface area (Å²) in [5.41, 5.74) is 6.03. The standard InChI is InChI=1S/C14H19N3O4/c1-9-12(6-7-20-9)16-13(18)8-21-11-4-2-10(3-5-11)14(15)17-19/h2-5,9,12,19H,6-8H2,1H3,(H2,15,17)(H,16,18). The van der Waals surface area contributed by atoms with Crippen LogP contribution in [-0.2, 0) is 9.53 Å². The number of hydrogen-bond acceptors (Lipinski definition) is 5. The van der Waals surface area contributed by atoms with E-state index in [1.54, 1.807) is 24.3 Å². The fourth-order valence-corrected chi connectivity index (χ4v) is 2.10. The molecule has 0 aromatic heterocycles.